The van der Waals surface area contributed by atoms with E-state index in [1.54, 1.807) is 23.1 Å². The number of ether oxygens (including phenoxy) is 1. The van der Waals surface area contributed by atoms with E-state index >= 15 is 0 Å². The predicted octanol–water partition coefficient (Wildman–Crippen LogP) is 4.35. The number of aromatic nitrogens is 3. The van der Waals surface area contributed by atoms with Crippen molar-refractivity contribution in [2.24, 2.45) is 0 Å². The third kappa shape index (κ3) is 3.68. The highest BCUT2D eigenvalue weighted by molar-refractivity contribution is 7.98. The molecule has 4 rings (SSSR count). The van der Waals surface area contributed by atoms with Gasteiger partial charge in [0, 0.05) is 12.4 Å². The fraction of sp³-hybridized carbons (Fsp3) is 0.316. The first-order valence-electron chi connectivity index (χ1n) is 8.54. The molecule has 3 aromatic rings. The Hall–Kier alpha value is -2.14. The van der Waals surface area contributed by atoms with Gasteiger partial charge in [-0.2, -0.15) is 5.26 Å². The summed E-state index contributed by atoms with van der Waals surface area (Å²) in [7, 11) is 0. The molecule has 1 aliphatic rings. The van der Waals surface area contributed by atoms with E-state index in [2.05, 4.69) is 32.3 Å². The number of thiophene rings is 1. The Morgan fingerprint density at radius 1 is 1.27 bits per heavy atom. The summed E-state index contributed by atoms with van der Waals surface area (Å²) in [6.45, 7) is 1.60. The van der Waals surface area contributed by atoms with Gasteiger partial charge in [-0.15, -0.1) is 21.5 Å². The Morgan fingerprint density at radius 3 is 2.96 bits per heavy atom. The first-order valence-corrected chi connectivity index (χ1v) is 10.4. The van der Waals surface area contributed by atoms with Crippen molar-refractivity contribution in [2.75, 3.05) is 6.61 Å². The summed E-state index contributed by atoms with van der Waals surface area (Å²) in [6.07, 6.45) is 2.40. The van der Waals surface area contributed by atoms with Crippen molar-refractivity contribution in [3.8, 4) is 16.8 Å². The van der Waals surface area contributed by atoms with Crippen LogP contribution in [0.5, 0.6) is 0 Å². The second kappa shape index (κ2) is 8.04. The zero-order chi connectivity index (χ0) is 17.8. The van der Waals surface area contributed by atoms with Crippen LogP contribution in [-0.2, 0) is 17.0 Å². The molecule has 7 heteroatoms. The van der Waals surface area contributed by atoms with Crippen LogP contribution in [0.3, 0.4) is 0 Å². The molecule has 1 saturated heterocycles. The van der Waals surface area contributed by atoms with E-state index in [1.807, 2.05) is 30.3 Å². The van der Waals surface area contributed by atoms with E-state index < -0.39 is 0 Å². The molecular formula is C19H18N4OS2. The summed E-state index contributed by atoms with van der Waals surface area (Å²) in [4.78, 5) is 1.11. The minimum absolute atomic E-state index is 0.218. The van der Waals surface area contributed by atoms with Gasteiger partial charge in [0.15, 0.2) is 11.0 Å². The summed E-state index contributed by atoms with van der Waals surface area (Å²) in [5, 5.41) is 21.1. The van der Waals surface area contributed by atoms with E-state index in [9.17, 15) is 5.26 Å². The Kier molecular flexibility index (Phi) is 5.34. The van der Waals surface area contributed by atoms with Crippen molar-refractivity contribution in [1.29, 1.82) is 5.26 Å². The van der Waals surface area contributed by atoms with Crippen molar-refractivity contribution in [3.63, 3.8) is 0 Å². The lowest BCUT2D eigenvalue weighted by molar-refractivity contribution is 0.0953. The summed E-state index contributed by atoms with van der Waals surface area (Å²) in [5.74, 6) is 1.59. The lowest BCUT2D eigenvalue weighted by Gasteiger charge is -2.14. The number of nitriles is 1. The fourth-order valence-corrected chi connectivity index (χ4v) is 4.71. The molecule has 0 aliphatic carbocycles. The Balaban J connectivity index is 1.59. The molecule has 1 atom stereocenters. The van der Waals surface area contributed by atoms with Crippen molar-refractivity contribution >= 4 is 23.1 Å². The molecule has 0 N–H and O–H groups in total. The van der Waals surface area contributed by atoms with Gasteiger partial charge < -0.3 is 4.74 Å². The largest absolute Gasteiger partial charge is 0.376 e. The van der Waals surface area contributed by atoms with Crippen LogP contribution in [0.2, 0.25) is 0 Å². The summed E-state index contributed by atoms with van der Waals surface area (Å²) >= 11 is 3.28. The molecule has 132 valence electrons. The molecule has 0 amide bonds. The van der Waals surface area contributed by atoms with E-state index in [4.69, 9.17) is 4.74 Å². The van der Waals surface area contributed by atoms with Crippen LogP contribution in [0.15, 0.2) is 46.9 Å². The molecule has 0 spiro atoms. The SMILES string of the molecule is N#Cc1ccccc1CSc1nnc(-c2cccs2)n1CC1CCCO1. The van der Waals surface area contributed by atoms with Gasteiger partial charge in [-0.1, -0.05) is 36.0 Å². The van der Waals surface area contributed by atoms with E-state index in [0.717, 1.165) is 47.4 Å². The van der Waals surface area contributed by atoms with Gasteiger partial charge in [-0.3, -0.25) is 4.57 Å². The molecule has 1 aromatic carbocycles. The number of benzene rings is 1. The van der Waals surface area contributed by atoms with Crippen LogP contribution in [-0.4, -0.2) is 27.5 Å². The predicted molar refractivity (Wildman–Crippen MR) is 103 cm³/mol. The molecule has 26 heavy (non-hydrogen) atoms. The smallest absolute Gasteiger partial charge is 0.191 e. The van der Waals surface area contributed by atoms with E-state index in [0.29, 0.717) is 11.3 Å². The summed E-state index contributed by atoms with van der Waals surface area (Å²) < 4.78 is 8.00. The zero-order valence-electron chi connectivity index (χ0n) is 14.2. The Labute approximate surface area is 160 Å². The molecular weight excluding hydrogens is 364 g/mol. The van der Waals surface area contributed by atoms with E-state index in [1.165, 1.54) is 0 Å². The van der Waals surface area contributed by atoms with Crippen molar-refractivity contribution < 1.29 is 4.74 Å². The summed E-state index contributed by atoms with van der Waals surface area (Å²) in [6, 6.07) is 14.1. The molecule has 0 radical (unpaired) electrons. The normalized spacial score (nSPS) is 16.7. The molecule has 0 saturated carbocycles. The Bertz CT molecular complexity index is 908. The maximum atomic E-state index is 9.28. The molecule has 0 bridgehead atoms. The van der Waals surface area contributed by atoms with Gasteiger partial charge in [-0.05, 0) is 35.9 Å². The number of hydrogen-bond acceptors (Lipinski definition) is 6. The minimum atomic E-state index is 0.218. The average molecular weight is 383 g/mol. The first-order chi connectivity index (χ1) is 12.8. The van der Waals surface area contributed by atoms with Crippen LogP contribution < -0.4 is 0 Å². The third-order valence-corrected chi connectivity index (χ3v) is 6.24. The van der Waals surface area contributed by atoms with Crippen molar-refractivity contribution in [2.45, 2.75) is 36.4 Å². The van der Waals surface area contributed by atoms with Gasteiger partial charge >= 0.3 is 0 Å². The minimum Gasteiger partial charge on any atom is -0.376 e. The highest BCUT2D eigenvalue weighted by Crippen LogP contribution is 2.30. The maximum Gasteiger partial charge on any atom is 0.191 e. The average Bonchev–Trinajstić information content (AvgIpc) is 3.43. The van der Waals surface area contributed by atoms with Gasteiger partial charge in [0.2, 0.25) is 0 Å². The second-order valence-corrected chi connectivity index (χ2v) is 7.98. The quantitative estimate of drug-likeness (QED) is 0.593. The molecule has 1 fully saturated rings. The topological polar surface area (TPSA) is 63.7 Å². The van der Waals surface area contributed by atoms with Gasteiger partial charge in [0.05, 0.1) is 29.2 Å². The first kappa shape index (κ1) is 17.3. The van der Waals surface area contributed by atoms with Crippen LogP contribution in [0.1, 0.15) is 24.0 Å². The van der Waals surface area contributed by atoms with Crippen LogP contribution >= 0.6 is 23.1 Å². The standard InChI is InChI=1S/C19H18N4OS2/c20-11-14-5-1-2-6-15(14)13-26-19-22-21-18(17-8-4-10-25-17)23(19)12-16-7-3-9-24-16/h1-2,4-6,8,10,16H,3,7,9,12-13H2. The molecule has 3 heterocycles. The van der Waals surface area contributed by atoms with Gasteiger partial charge in [0.1, 0.15) is 0 Å². The second-order valence-electron chi connectivity index (χ2n) is 6.09. The molecule has 2 aromatic heterocycles. The number of hydrogen-bond donors (Lipinski definition) is 0. The Morgan fingerprint density at radius 2 is 2.19 bits per heavy atom. The zero-order valence-corrected chi connectivity index (χ0v) is 15.8. The van der Waals surface area contributed by atoms with Gasteiger partial charge in [-0.25, -0.2) is 0 Å². The molecule has 5 nitrogen and oxygen atoms in total. The molecule has 1 aliphatic heterocycles. The third-order valence-electron chi connectivity index (χ3n) is 4.36. The fourth-order valence-electron chi connectivity index (χ4n) is 3.04. The number of rotatable bonds is 6. The lowest BCUT2D eigenvalue weighted by Crippen LogP contribution is -2.16. The summed E-state index contributed by atoms with van der Waals surface area (Å²) in [5.41, 5.74) is 1.73. The molecule has 1 unspecified atom stereocenters. The highest BCUT2D eigenvalue weighted by Gasteiger charge is 2.22. The number of nitrogens with zero attached hydrogens (tertiary/aromatic N) is 4. The highest BCUT2D eigenvalue weighted by atomic mass is 32.2. The maximum absolute atomic E-state index is 9.28. The van der Waals surface area contributed by atoms with Crippen LogP contribution in [0, 0.1) is 11.3 Å². The van der Waals surface area contributed by atoms with Crippen molar-refractivity contribution in [3.05, 3.63) is 52.9 Å². The number of thioether (sulfide) groups is 1. The van der Waals surface area contributed by atoms with Gasteiger partial charge in [0.25, 0.3) is 0 Å². The van der Waals surface area contributed by atoms with Crippen LogP contribution in [0.4, 0.5) is 0 Å². The lowest BCUT2D eigenvalue weighted by atomic mass is 10.1. The van der Waals surface area contributed by atoms with E-state index in [-0.39, 0.29) is 6.10 Å². The monoisotopic (exact) mass is 382 g/mol. The van der Waals surface area contributed by atoms with Crippen LogP contribution in [0.25, 0.3) is 10.7 Å². The van der Waals surface area contributed by atoms with Crippen molar-refractivity contribution in [1.82, 2.24) is 14.8 Å².